The number of benzene rings is 3. The highest BCUT2D eigenvalue weighted by molar-refractivity contribution is 7.99. The molecule has 0 saturated carbocycles. The van der Waals surface area contributed by atoms with Crippen LogP contribution in [0.4, 0.5) is 5.69 Å². The fourth-order valence-electron chi connectivity index (χ4n) is 2.56. The van der Waals surface area contributed by atoms with Gasteiger partial charge < -0.3 is 4.90 Å². The van der Waals surface area contributed by atoms with Crippen molar-refractivity contribution in [2.24, 2.45) is 0 Å². The number of rotatable bonds is 5. The second kappa shape index (κ2) is 8.04. The van der Waals surface area contributed by atoms with Gasteiger partial charge in [-0.2, -0.15) is 0 Å². The number of aryl methyl sites for hydroxylation is 1. The molecular formula is C22H21NOS. The van der Waals surface area contributed by atoms with Crippen LogP contribution in [-0.2, 0) is 11.2 Å². The van der Waals surface area contributed by atoms with Crippen LogP contribution in [0.5, 0.6) is 0 Å². The first-order chi connectivity index (χ1) is 12.1. The Bertz CT molecular complexity index is 843. The lowest BCUT2D eigenvalue weighted by molar-refractivity contribution is -0.117. The molecule has 0 bridgehead atoms. The lowest BCUT2D eigenvalue weighted by Crippen LogP contribution is -2.27. The number of nitrogens with zero attached hydrogens (tertiary/aromatic N) is 1. The highest BCUT2D eigenvalue weighted by Crippen LogP contribution is 2.31. The van der Waals surface area contributed by atoms with Gasteiger partial charge in [0.2, 0.25) is 5.91 Å². The fourth-order valence-corrected chi connectivity index (χ4v) is 3.50. The van der Waals surface area contributed by atoms with Gasteiger partial charge >= 0.3 is 0 Å². The van der Waals surface area contributed by atoms with Gasteiger partial charge in [0.05, 0.1) is 6.42 Å². The van der Waals surface area contributed by atoms with Crippen molar-refractivity contribution in [2.75, 3.05) is 11.9 Å². The van der Waals surface area contributed by atoms with Gasteiger partial charge in [0.25, 0.3) is 0 Å². The molecule has 3 rings (SSSR count). The molecule has 0 N–H and O–H groups in total. The molecule has 0 heterocycles. The van der Waals surface area contributed by atoms with Crippen LogP contribution in [-0.4, -0.2) is 13.0 Å². The molecule has 3 aromatic carbocycles. The minimum absolute atomic E-state index is 0.0863. The number of likely N-dealkylation sites (N-methyl/N-ethyl adjacent to an activating group) is 1. The highest BCUT2D eigenvalue weighted by Gasteiger charge is 2.14. The van der Waals surface area contributed by atoms with Crippen LogP contribution >= 0.6 is 11.8 Å². The molecule has 0 aliphatic rings. The summed E-state index contributed by atoms with van der Waals surface area (Å²) in [5, 5.41) is 0. The number of hydrogen-bond donors (Lipinski definition) is 0. The molecule has 0 aromatic heterocycles. The monoisotopic (exact) mass is 347 g/mol. The Labute approximate surface area is 153 Å². The van der Waals surface area contributed by atoms with E-state index in [4.69, 9.17) is 0 Å². The largest absolute Gasteiger partial charge is 0.315 e. The van der Waals surface area contributed by atoms with Gasteiger partial charge in [-0.25, -0.2) is 0 Å². The lowest BCUT2D eigenvalue weighted by atomic mass is 10.1. The first kappa shape index (κ1) is 17.3. The third-order valence-corrected chi connectivity index (χ3v) is 5.21. The quantitative estimate of drug-likeness (QED) is 0.620. The maximum atomic E-state index is 12.7. The van der Waals surface area contributed by atoms with E-state index in [0.29, 0.717) is 6.42 Å². The second-order valence-corrected chi connectivity index (χ2v) is 7.10. The zero-order chi connectivity index (χ0) is 17.6. The maximum Gasteiger partial charge on any atom is 0.231 e. The first-order valence-electron chi connectivity index (χ1n) is 8.27. The van der Waals surface area contributed by atoms with Crippen molar-refractivity contribution in [1.82, 2.24) is 0 Å². The van der Waals surface area contributed by atoms with Gasteiger partial charge in [0, 0.05) is 22.5 Å². The molecule has 126 valence electrons. The van der Waals surface area contributed by atoms with Gasteiger partial charge in [-0.3, -0.25) is 4.79 Å². The van der Waals surface area contributed by atoms with Crippen molar-refractivity contribution < 1.29 is 4.79 Å². The van der Waals surface area contributed by atoms with E-state index in [1.807, 2.05) is 55.6 Å². The molecule has 0 aliphatic heterocycles. The van der Waals surface area contributed by atoms with Gasteiger partial charge in [-0.05, 0) is 42.8 Å². The Morgan fingerprint density at radius 2 is 1.52 bits per heavy atom. The molecule has 0 radical (unpaired) electrons. The third kappa shape index (κ3) is 4.52. The van der Waals surface area contributed by atoms with Crippen molar-refractivity contribution in [2.45, 2.75) is 23.1 Å². The number of amides is 1. The third-order valence-electron chi connectivity index (χ3n) is 4.08. The van der Waals surface area contributed by atoms with Crippen LogP contribution in [0.25, 0.3) is 0 Å². The van der Waals surface area contributed by atoms with Crippen molar-refractivity contribution in [3.05, 3.63) is 90.0 Å². The van der Waals surface area contributed by atoms with Gasteiger partial charge in [0.1, 0.15) is 0 Å². The topological polar surface area (TPSA) is 20.3 Å². The average Bonchev–Trinajstić information content (AvgIpc) is 2.65. The number of para-hydroxylation sites is 1. The van der Waals surface area contributed by atoms with Crippen molar-refractivity contribution in [3.63, 3.8) is 0 Å². The minimum Gasteiger partial charge on any atom is -0.315 e. The lowest BCUT2D eigenvalue weighted by Gasteiger charge is -2.18. The van der Waals surface area contributed by atoms with E-state index in [1.54, 1.807) is 16.7 Å². The molecule has 3 heteroatoms. The van der Waals surface area contributed by atoms with E-state index in [0.717, 1.165) is 16.1 Å². The molecule has 0 spiro atoms. The van der Waals surface area contributed by atoms with Crippen LogP contribution in [0.2, 0.25) is 0 Å². The summed E-state index contributed by atoms with van der Waals surface area (Å²) in [6, 6.07) is 26.3. The van der Waals surface area contributed by atoms with Crippen molar-refractivity contribution in [3.8, 4) is 0 Å². The Hall–Kier alpha value is -2.52. The predicted molar refractivity (Wildman–Crippen MR) is 105 cm³/mol. The summed E-state index contributed by atoms with van der Waals surface area (Å²) in [5.74, 6) is 0.0863. The predicted octanol–water partition coefficient (Wildman–Crippen LogP) is 5.35. The summed E-state index contributed by atoms with van der Waals surface area (Å²) < 4.78 is 0. The minimum atomic E-state index is 0.0863. The smallest absolute Gasteiger partial charge is 0.231 e. The van der Waals surface area contributed by atoms with Gasteiger partial charge in [-0.15, -0.1) is 0 Å². The van der Waals surface area contributed by atoms with Crippen molar-refractivity contribution >= 4 is 23.4 Å². The van der Waals surface area contributed by atoms with E-state index in [1.165, 1.54) is 10.5 Å². The number of anilines is 1. The standard InChI is InChI=1S/C22H21NOS/c1-17-12-14-20(15-13-17)25-21-11-7-6-8-18(21)16-22(24)23(2)19-9-4-3-5-10-19/h3-15H,16H2,1-2H3. The second-order valence-electron chi connectivity index (χ2n) is 5.99. The Balaban J connectivity index is 1.76. The normalized spacial score (nSPS) is 10.5. The van der Waals surface area contributed by atoms with E-state index < -0.39 is 0 Å². The average molecular weight is 347 g/mol. The molecule has 2 nitrogen and oxygen atoms in total. The molecular weight excluding hydrogens is 326 g/mol. The molecule has 3 aromatic rings. The Morgan fingerprint density at radius 3 is 2.24 bits per heavy atom. The summed E-state index contributed by atoms with van der Waals surface area (Å²) in [6.07, 6.45) is 0.389. The molecule has 0 unspecified atom stereocenters. The van der Waals surface area contributed by atoms with Crippen LogP contribution in [0, 0.1) is 6.92 Å². The van der Waals surface area contributed by atoms with E-state index in [2.05, 4.69) is 37.3 Å². The molecule has 0 saturated heterocycles. The molecule has 1 amide bonds. The summed E-state index contributed by atoms with van der Waals surface area (Å²) in [7, 11) is 1.83. The van der Waals surface area contributed by atoms with Crippen LogP contribution in [0.3, 0.4) is 0 Å². The van der Waals surface area contributed by atoms with Gasteiger partial charge in [-0.1, -0.05) is 65.9 Å². The number of carbonyl (C=O) groups excluding carboxylic acids is 1. The molecule has 0 aliphatic carbocycles. The summed E-state index contributed by atoms with van der Waals surface area (Å²) in [4.78, 5) is 16.7. The van der Waals surface area contributed by atoms with E-state index in [9.17, 15) is 4.79 Å². The first-order valence-corrected chi connectivity index (χ1v) is 9.09. The Morgan fingerprint density at radius 1 is 0.880 bits per heavy atom. The zero-order valence-corrected chi connectivity index (χ0v) is 15.3. The van der Waals surface area contributed by atoms with Crippen LogP contribution in [0.15, 0.2) is 88.7 Å². The van der Waals surface area contributed by atoms with E-state index >= 15 is 0 Å². The van der Waals surface area contributed by atoms with Gasteiger partial charge in [0.15, 0.2) is 0 Å². The zero-order valence-electron chi connectivity index (χ0n) is 14.5. The maximum absolute atomic E-state index is 12.7. The molecule has 25 heavy (non-hydrogen) atoms. The van der Waals surface area contributed by atoms with E-state index in [-0.39, 0.29) is 5.91 Å². The molecule has 0 atom stereocenters. The highest BCUT2D eigenvalue weighted by atomic mass is 32.2. The summed E-state index contributed by atoms with van der Waals surface area (Å²) in [6.45, 7) is 2.08. The number of carbonyl (C=O) groups is 1. The summed E-state index contributed by atoms with van der Waals surface area (Å²) >= 11 is 1.70. The number of hydrogen-bond acceptors (Lipinski definition) is 2. The summed E-state index contributed by atoms with van der Waals surface area (Å²) in [5.41, 5.74) is 3.22. The van der Waals surface area contributed by atoms with Crippen LogP contribution < -0.4 is 4.90 Å². The van der Waals surface area contributed by atoms with Crippen molar-refractivity contribution in [1.29, 1.82) is 0 Å². The fraction of sp³-hybridized carbons (Fsp3) is 0.136. The molecule has 0 fully saturated rings. The van der Waals surface area contributed by atoms with Crippen LogP contribution in [0.1, 0.15) is 11.1 Å². The SMILES string of the molecule is Cc1ccc(Sc2ccccc2CC(=O)N(C)c2ccccc2)cc1. The Kier molecular flexibility index (Phi) is 5.56.